The molecule has 0 unspecified atom stereocenters. The Bertz CT molecular complexity index is 1010. The molecular weight excluding hydrogens is 356 g/mol. The number of aryl methyl sites for hydroxylation is 3. The van der Waals surface area contributed by atoms with Crippen LogP contribution in [-0.4, -0.2) is 35.1 Å². The monoisotopic (exact) mass is 380 g/mol. The lowest BCUT2D eigenvalue weighted by Crippen LogP contribution is -2.26. The average molecular weight is 380 g/mol. The number of carbonyl (C=O) groups is 2. The number of fused-ring (bicyclic) bond motifs is 1. The van der Waals surface area contributed by atoms with Crippen molar-refractivity contribution in [2.24, 2.45) is 0 Å². The van der Waals surface area contributed by atoms with E-state index in [9.17, 15) is 9.59 Å². The third-order valence-electron chi connectivity index (χ3n) is 4.75. The fraction of sp³-hybridized carbons (Fsp3) is 0.273. The summed E-state index contributed by atoms with van der Waals surface area (Å²) in [6.07, 6.45) is 2.72. The first-order valence-electron chi connectivity index (χ1n) is 9.16. The molecule has 0 fully saturated rings. The molecule has 3 N–H and O–H groups in total. The molecule has 28 heavy (non-hydrogen) atoms. The molecule has 0 radical (unpaired) electrons. The molecule has 3 rings (SSSR count). The number of para-hydroxylation sites is 1. The maximum absolute atomic E-state index is 12.5. The van der Waals surface area contributed by atoms with Gasteiger partial charge in [-0.1, -0.05) is 18.2 Å². The van der Waals surface area contributed by atoms with E-state index in [4.69, 9.17) is 9.84 Å². The Morgan fingerprint density at radius 1 is 1.11 bits per heavy atom. The van der Waals surface area contributed by atoms with Crippen molar-refractivity contribution in [3.63, 3.8) is 0 Å². The number of carboxylic acids is 1. The molecule has 1 heterocycles. The van der Waals surface area contributed by atoms with Gasteiger partial charge in [0.2, 0.25) is 0 Å². The van der Waals surface area contributed by atoms with Crippen molar-refractivity contribution in [1.29, 1.82) is 0 Å². The van der Waals surface area contributed by atoms with Crippen molar-refractivity contribution in [1.82, 2.24) is 10.3 Å². The number of aliphatic carboxylic acids is 1. The van der Waals surface area contributed by atoms with Crippen LogP contribution in [0.4, 0.5) is 0 Å². The van der Waals surface area contributed by atoms with E-state index >= 15 is 0 Å². The number of hydrogen-bond donors (Lipinski definition) is 3. The zero-order valence-corrected chi connectivity index (χ0v) is 16.3. The van der Waals surface area contributed by atoms with Gasteiger partial charge in [0.15, 0.2) is 6.61 Å². The number of carbonyl (C=O) groups excluding carboxylic acids is 1. The average Bonchev–Trinajstić information content (AvgIpc) is 3.05. The van der Waals surface area contributed by atoms with E-state index in [1.165, 1.54) is 16.5 Å². The van der Waals surface area contributed by atoms with Gasteiger partial charge in [0, 0.05) is 29.2 Å². The number of carboxylic acid groups (broad SMARTS) is 1. The molecule has 0 bridgehead atoms. The first-order valence-corrected chi connectivity index (χ1v) is 9.16. The number of aromatic amines is 1. The summed E-state index contributed by atoms with van der Waals surface area (Å²) >= 11 is 0. The van der Waals surface area contributed by atoms with Crippen LogP contribution in [0, 0.1) is 20.8 Å². The molecule has 6 heteroatoms. The molecule has 0 saturated heterocycles. The Kier molecular flexibility index (Phi) is 5.68. The number of amides is 1. The molecule has 146 valence electrons. The molecule has 3 aromatic rings. The van der Waals surface area contributed by atoms with Crippen LogP contribution in [0.2, 0.25) is 0 Å². The number of benzene rings is 2. The first kappa shape index (κ1) is 19.5. The molecular formula is C22H24N2O4. The normalized spacial score (nSPS) is 10.8. The second-order valence-corrected chi connectivity index (χ2v) is 6.94. The Morgan fingerprint density at radius 3 is 2.50 bits per heavy atom. The second kappa shape index (κ2) is 8.17. The number of ether oxygens (including phenoxy) is 1. The van der Waals surface area contributed by atoms with Crippen molar-refractivity contribution in [3.05, 3.63) is 64.3 Å². The smallest absolute Gasteiger partial charge is 0.341 e. The largest absolute Gasteiger partial charge is 0.481 e. The van der Waals surface area contributed by atoms with Gasteiger partial charge < -0.3 is 20.1 Å². The Balaban J connectivity index is 1.64. The maximum atomic E-state index is 12.5. The molecule has 6 nitrogen and oxygen atoms in total. The first-order chi connectivity index (χ1) is 13.4. The van der Waals surface area contributed by atoms with E-state index in [0.717, 1.165) is 23.1 Å². The summed E-state index contributed by atoms with van der Waals surface area (Å²) in [5.74, 6) is -0.687. The summed E-state index contributed by atoms with van der Waals surface area (Å²) in [6, 6.07) is 9.62. The van der Waals surface area contributed by atoms with Gasteiger partial charge in [0.1, 0.15) is 5.75 Å². The van der Waals surface area contributed by atoms with E-state index < -0.39 is 12.6 Å². The Hall–Kier alpha value is -3.28. The van der Waals surface area contributed by atoms with Crippen LogP contribution in [0.15, 0.2) is 36.5 Å². The van der Waals surface area contributed by atoms with Crippen LogP contribution >= 0.6 is 0 Å². The fourth-order valence-corrected chi connectivity index (χ4v) is 3.43. The van der Waals surface area contributed by atoms with Crippen LogP contribution in [0.1, 0.15) is 32.6 Å². The summed E-state index contributed by atoms with van der Waals surface area (Å²) in [5, 5.41) is 12.9. The molecule has 0 aliphatic carbocycles. The van der Waals surface area contributed by atoms with Gasteiger partial charge in [-0.3, -0.25) is 4.79 Å². The second-order valence-electron chi connectivity index (χ2n) is 6.94. The van der Waals surface area contributed by atoms with Crippen LogP contribution in [0.3, 0.4) is 0 Å². The highest BCUT2D eigenvalue weighted by atomic mass is 16.5. The Labute approximate surface area is 163 Å². The summed E-state index contributed by atoms with van der Waals surface area (Å²) in [7, 11) is 0. The van der Waals surface area contributed by atoms with Gasteiger partial charge in [0.25, 0.3) is 5.91 Å². The van der Waals surface area contributed by atoms with Crippen LogP contribution in [0.5, 0.6) is 5.75 Å². The third kappa shape index (κ3) is 4.17. The van der Waals surface area contributed by atoms with Gasteiger partial charge >= 0.3 is 5.97 Å². The van der Waals surface area contributed by atoms with Crippen LogP contribution < -0.4 is 10.1 Å². The predicted octanol–water partition coefficient (Wildman–Crippen LogP) is 3.53. The van der Waals surface area contributed by atoms with Crippen LogP contribution in [-0.2, 0) is 11.2 Å². The van der Waals surface area contributed by atoms with Gasteiger partial charge in [-0.15, -0.1) is 0 Å². The van der Waals surface area contributed by atoms with Crippen LogP contribution in [0.25, 0.3) is 10.9 Å². The van der Waals surface area contributed by atoms with Crippen molar-refractivity contribution in [3.8, 4) is 5.75 Å². The topological polar surface area (TPSA) is 91.4 Å². The van der Waals surface area contributed by atoms with Gasteiger partial charge in [-0.25, -0.2) is 4.79 Å². The van der Waals surface area contributed by atoms with E-state index in [0.29, 0.717) is 17.9 Å². The highest BCUT2D eigenvalue weighted by Gasteiger charge is 2.13. The summed E-state index contributed by atoms with van der Waals surface area (Å²) in [4.78, 5) is 26.5. The number of rotatable bonds is 7. The van der Waals surface area contributed by atoms with Crippen molar-refractivity contribution >= 4 is 22.8 Å². The van der Waals surface area contributed by atoms with E-state index in [1.807, 2.05) is 12.3 Å². The minimum absolute atomic E-state index is 0.160. The van der Waals surface area contributed by atoms with E-state index in [-0.39, 0.29) is 5.91 Å². The zero-order valence-electron chi connectivity index (χ0n) is 16.3. The lowest BCUT2D eigenvalue weighted by Gasteiger charge is -2.13. The minimum Gasteiger partial charge on any atom is -0.481 e. The van der Waals surface area contributed by atoms with Gasteiger partial charge in [0.05, 0.1) is 0 Å². The summed E-state index contributed by atoms with van der Waals surface area (Å²) in [6.45, 7) is 5.79. The maximum Gasteiger partial charge on any atom is 0.341 e. The summed E-state index contributed by atoms with van der Waals surface area (Å²) in [5.41, 5.74) is 5.50. The molecule has 0 aliphatic heterocycles. The quantitative estimate of drug-likeness (QED) is 0.585. The summed E-state index contributed by atoms with van der Waals surface area (Å²) < 4.78 is 5.31. The SMILES string of the molecule is Cc1cc(C(=O)NCCc2c[nH]c3c(C)cccc23)cc(C)c1OCC(=O)O. The number of nitrogens with one attached hydrogen (secondary N) is 2. The molecule has 1 amide bonds. The predicted molar refractivity (Wildman–Crippen MR) is 108 cm³/mol. The highest BCUT2D eigenvalue weighted by molar-refractivity contribution is 5.95. The standard InChI is InChI=1S/C22H24N2O4/c1-13-5-4-6-18-16(11-24-20(13)18)7-8-23-22(27)17-9-14(2)21(15(3)10-17)28-12-19(25)26/h4-6,9-11,24H,7-8,12H2,1-3H3,(H,23,27)(H,25,26). The zero-order chi connectivity index (χ0) is 20.3. The number of H-pyrrole nitrogens is 1. The van der Waals surface area contributed by atoms with Gasteiger partial charge in [-0.2, -0.15) is 0 Å². The van der Waals surface area contributed by atoms with E-state index in [2.05, 4.69) is 29.4 Å². The molecule has 0 aliphatic rings. The molecule has 1 aromatic heterocycles. The lowest BCUT2D eigenvalue weighted by atomic mass is 10.0. The molecule has 0 spiro atoms. The molecule has 0 saturated carbocycles. The van der Waals surface area contributed by atoms with Crippen molar-refractivity contribution in [2.75, 3.05) is 13.2 Å². The van der Waals surface area contributed by atoms with E-state index in [1.54, 1.807) is 26.0 Å². The van der Waals surface area contributed by atoms with Crippen molar-refractivity contribution in [2.45, 2.75) is 27.2 Å². The third-order valence-corrected chi connectivity index (χ3v) is 4.75. The highest BCUT2D eigenvalue weighted by Crippen LogP contribution is 2.25. The Morgan fingerprint density at radius 2 is 1.82 bits per heavy atom. The molecule has 0 atom stereocenters. The van der Waals surface area contributed by atoms with Gasteiger partial charge in [-0.05, 0) is 61.6 Å². The lowest BCUT2D eigenvalue weighted by molar-refractivity contribution is -0.139. The minimum atomic E-state index is -1.03. The molecule has 2 aromatic carbocycles. The fourth-order valence-electron chi connectivity index (χ4n) is 3.43. The van der Waals surface area contributed by atoms with Crippen molar-refractivity contribution < 1.29 is 19.4 Å². The number of aromatic nitrogens is 1. The number of hydrogen-bond acceptors (Lipinski definition) is 3.